The summed E-state index contributed by atoms with van der Waals surface area (Å²) in [6.07, 6.45) is -5.20. The van der Waals surface area contributed by atoms with Crippen LogP contribution in [0, 0.1) is 5.82 Å². The zero-order valence-electron chi connectivity index (χ0n) is 18.6. The first kappa shape index (κ1) is 26.0. The Bertz CT molecular complexity index is 1300. The van der Waals surface area contributed by atoms with E-state index in [1.807, 2.05) is 5.32 Å². The number of amides is 4. The molecular formula is C23H17F6N3O5. The molecule has 2 N–H and O–H groups in total. The van der Waals surface area contributed by atoms with Gasteiger partial charge in [-0.2, -0.15) is 8.78 Å². The molecule has 2 aliphatic rings. The molecule has 0 aromatic heterocycles. The van der Waals surface area contributed by atoms with Crippen LogP contribution in [0.1, 0.15) is 39.9 Å². The van der Waals surface area contributed by atoms with Gasteiger partial charge in [0.15, 0.2) is 0 Å². The van der Waals surface area contributed by atoms with E-state index in [0.717, 1.165) is 0 Å². The lowest BCUT2D eigenvalue weighted by molar-refractivity contribution is -0.275. The van der Waals surface area contributed by atoms with Crippen LogP contribution >= 0.6 is 0 Å². The molecule has 1 saturated heterocycles. The zero-order valence-corrected chi connectivity index (χ0v) is 18.6. The summed E-state index contributed by atoms with van der Waals surface area (Å²) < 4.78 is 84.0. The number of alkyl halides is 5. The summed E-state index contributed by atoms with van der Waals surface area (Å²) in [7, 11) is 0. The van der Waals surface area contributed by atoms with Crippen molar-refractivity contribution in [3.05, 3.63) is 64.5 Å². The van der Waals surface area contributed by atoms with Crippen molar-refractivity contribution in [3.63, 3.8) is 0 Å². The van der Waals surface area contributed by atoms with E-state index in [9.17, 15) is 45.5 Å². The molecule has 196 valence electrons. The van der Waals surface area contributed by atoms with Crippen molar-refractivity contribution in [2.75, 3.05) is 0 Å². The summed E-state index contributed by atoms with van der Waals surface area (Å²) in [6, 6.07) is 4.23. The van der Waals surface area contributed by atoms with E-state index >= 15 is 0 Å². The molecule has 0 spiro atoms. The smallest absolute Gasteiger partial charge is 0.405 e. The Morgan fingerprint density at radius 2 is 1.81 bits per heavy atom. The second-order valence-electron chi connectivity index (χ2n) is 8.34. The van der Waals surface area contributed by atoms with Gasteiger partial charge < -0.3 is 15.0 Å². The predicted octanol–water partition coefficient (Wildman–Crippen LogP) is 2.89. The van der Waals surface area contributed by atoms with Gasteiger partial charge in [-0.3, -0.25) is 24.5 Å². The van der Waals surface area contributed by atoms with Crippen LogP contribution in [-0.4, -0.2) is 40.9 Å². The molecule has 2 aromatic rings. The number of nitrogens with one attached hydrogen (secondary N) is 2. The molecule has 14 heteroatoms. The van der Waals surface area contributed by atoms with Crippen molar-refractivity contribution in [3.8, 4) is 5.75 Å². The minimum atomic E-state index is -5.40. The second-order valence-corrected chi connectivity index (χ2v) is 8.34. The number of benzene rings is 2. The fourth-order valence-electron chi connectivity index (χ4n) is 4.12. The molecule has 37 heavy (non-hydrogen) atoms. The fraction of sp³-hybridized carbons (Fsp3) is 0.304. The maximum absolute atomic E-state index is 14.7. The van der Waals surface area contributed by atoms with E-state index in [4.69, 9.17) is 0 Å². The lowest BCUT2D eigenvalue weighted by Gasteiger charge is -2.29. The number of rotatable bonds is 6. The van der Waals surface area contributed by atoms with Crippen molar-refractivity contribution >= 4 is 23.6 Å². The molecule has 0 radical (unpaired) electrons. The number of ether oxygens (including phenoxy) is 1. The van der Waals surface area contributed by atoms with Gasteiger partial charge in [-0.05, 0) is 35.7 Å². The molecule has 2 aliphatic heterocycles. The highest BCUT2D eigenvalue weighted by molar-refractivity contribution is 6.05. The molecule has 0 saturated carbocycles. The first-order valence-electron chi connectivity index (χ1n) is 10.7. The van der Waals surface area contributed by atoms with Gasteiger partial charge in [0, 0.05) is 31.1 Å². The molecule has 1 atom stereocenters. The molecule has 2 aromatic carbocycles. The second kappa shape index (κ2) is 9.41. The lowest BCUT2D eigenvalue weighted by atomic mass is 10.0. The van der Waals surface area contributed by atoms with Crippen LogP contribution in [0.2, 0.25) is 0 Å². The Kier molecular flexibility index (Phi) is 6.60. The van der Waals surface area contributed by atoms with E-state index in [-0.39, 0.29) is 36.6 Å². The molecule has 4 rings (SSSR count). The predicted molar refractivity (Wildman–Crippen MR) is 111 cm³/mol. The van der Waals surface area contributed by atoms with Crippen LogP contribution < -0.4 is 15.4 Å². The molecule has 0 aliphatic carbocycles. The molecular weight excluding hydrogens is 512 g/mol. The Hall–Kier alpha value is -4.10. The lowest BCUT2D eigenvalue weighted by Crippen LogP contribution is -2.52. The van der Waals surface area contributed by atoms with Crippen molar-refractivity contribution in [2.24, 2.45) is 0 Å². The SMILES string of the molecule is O=C1CCC(N2Cc3cc(CNC(=O)C(F)(F)c4ccc(F)cc4OC(F)(F)F)ccc3C2=O)C(=O)N1. The number of carbonyl (C=O) groups is 4. The Morgan fingerprint density at radius 3 is 2.49 bits per heavy atom. The van der Waals surface area contributed by atoms with E-state index in [2.05, 4.69) is 10.1 Å². The van der Waals surface area contributed by atoms with Crippen LogP contribution in [0.15, 0.2) is 36.4 Å². The summed E-state index contributed by atoms with van der Waals surface area (Å²) in [6.45, 7) is -0.475. The highest BCUT2D eigenvalue weighted by atomic mass is 19.4. The maximum atomic E-state index is 14.7. The summed E-state index contributed by atoms with van der Waals surface area (Å²) in [4.78, 5) is 49.7. The normalized spacial score (nSPS) is 17.9. The summed E-state index contributed by atoms with van der Waals surface area (Å²) in [5, 5.41) is 4.07. The van der Waals surface area contributed by atoms with Gasteiger partial charge in [0.05, 0.1) is 5.56 Å². The molecule has 2 heterocycles. The van der Waals surface area contributed by atoms with Gasteiger partial charge in [-0.1, -0.05) is 12.1 Å². The Balaban J connectivity index is 1.46. The van der Waals surface area contributed by atoms with Crippen LogP contribution in [0.25, 0.3) is 0 Å². The number of hydrogen-bond donors (Lipinski definition) is 2. The third-order valence-corrected chi connectivity index (χ3v) is 5.83. The maximum Gasteiger partial charge on any atom is 0.573 e. The first-order chi connectivity index (χ1) is 17.3. The van der Waals surface area contributed by atoms with E-state index in [1.165, 1.54) is 23.1 Å². The van der Waals surface area contributed by atoms with Gasteiger partial charge in [0.1, 0.15) is 17.6 Å². The number of halogens is 6. The molecule has 4 amide bonds. The average Bonchev–Trinajstić information content (AvgIpc) is 3.11. The molecule has 1 unspecified atom stereocenters. The largest absolute Gasteiger partial charge is 0.573 e. The standard InChI is InChI=1S/C23H17F6N3O5/c24-13-2-4-15(17(8-13)37-23(27,28)29)22(25,26)21(36)30-9-11-1-3-14-12(7-11)10-32(20(14)35)16-5-6-18(33)31-19(16)34/h1-4,7-8,16H,5-6,9-10H2,(H,30,36)(H,31,33,34). The molecule has 0 bridgehead atoms. The van der Waals surface area contributed by atoms with Crippen LogP contribution in [-0.2, 0) is 33.4 Å². The fourth-order valence-corrected chi connectivity index (χ4v) is 4.12. The van der Waals surface area contributed by atoms with Crippen molar-refractivity contribution in [2.45, 2.75) is 44.3 Å². The third-order valence-electron chi connectivity index (χ3n) is 5.83. The van der Waals surface area contributed by atoms with E-state index < -0.39 is 65.6 Å². The van der Waals surface area contributed by atoms with Crippen LogP contribution in [0.3, 0.4) is 0 Å². The Morgan fingerprint density at radius 1 is 1.08 bits per heavy atom. The van der Waals surface area contributed by atoms with Gasteiger partial charge in [-0.15, -0.1) is 13.2 Å². The highest BCUT2D eigenvalue weighted by Crippen LogP contribution is 2.38. The third kappa shape index (κ3) is 5.37. The number of carbonyl (C=O) groups excluding carboxylic acids is 4. The van der Waals surface area contributed by atoms with Gasteiger partial charge in [0.25, 0.3) is 11.8 Å². The molecule has 1 fully saturated rings. The summed E-state index contributed by atoms with van der Waals surface area (Å²) >= 11 is 0. The van der Waals surface area contributed by atoms with E-state index in [1.54, 1.807) is 0 Å². The Labute approximate surface area is 204 Å². The van der Waals surface area contributed by atoms with E-state index in [0.29, 0.717) is 17.7 Å². The number of imide groups is 1. The summed E-state index contributed by atoms with van der Waals surface area (Å²) in [5.41, 5.74) is -0.493. The number of fused-ring (bicyclic) bond motifs is 1. The van der Waals surface area contributed by atoms with Crippen molar-refractivity contribution < 1.29 is 50.3 Å². The molecule has 8 nitrogen and oxygen atoms in total. The number of piperidine rings is 1. The van der Waals surface area contributed by atoms with Crippen LogP contribution in [0.5, 0.6) is 5.75 Å². The van der Waals surface area contributed by atoms with Crippen molar-refractivity contribution in [1.82, 2.24) is 15.5 Å². The number of nitrogens with zero attached hydrogens (tertiary/aromatic N) is 1. The summed E-state index contributed by atoms with van der Waals surface area (Å²) in [5.74, 6) is -10.8. The van der Waals surface area contributed by atoms with Gasteiger partial charge in [-0.25, -0.2) is 4.39 Å². The number of hydrogen-bond acceptors (Lipinski definition) is 5. The topological polar surface area (TPSA) is 105 Å². The van der Waals surface area contributed by atoms with Crippen molar-refractivity contribution in [1.29, 1.82) is 0 Å². The van der Waals surface area contributed by atoms with Gasteiger partial charge >= 0.3 is 12.3 Å². The minimum absolute atomic E-state index is 0.00606. The zero-order chi connectivity index (χ0) is 27.1. The first-order valence-corrected chi connectivity index (χ1v) is 10.7. The monoisotopic (exact) mass is 529 g/mol. The van der Waals surface area contributed by atoms with Gasteiger partial charge in [0.2, 0.25) is 11.8 Å². The highest BCUT2D eigenvalue weighted by Gasteiger charge is 2.45. The average molecular weight is 529 g/mol. The quantitative estimate of drug-likeness (QED) is 0.443. The van der Waals surface area contributed by atoms with Crippen LogP contribution in [0.4, 0.5) is 26.3 Å². The minimum Gasteiger partial charge on any atom is -0.405 e.